The van der Waals surface area contributed by atoms with Crippen LogP contribution in [0.25, 0.3) is 27.6 Å². The van der Waals surface area contributed by atoms with Gasteiger partial charge in [0.1, 0.15) is 23.3 Å². The highest BCUT2D eigenvalue weighted by atomic mass is 16.1. The molecule has 3 aromatic heterocycles. The maximum Gasteiger partial charge on any atom is 0.263 e. The van der Waals surface area contributed by atoms with E-state index in [1.54, 1.807) is 23.8 Å². The van der Waals surface area contributed by atoms with Gasteiger partial charge in [0.25, 0.3) is 5.56 Å². The summed E-state index contributed by atoms with van der Waals surface area (Å²) < 4.78 is 1.66. The van der Waals surface area contributed by atoms with E-state index in [1.807, 2.05) is 61.5 Å². The molecule has 5 aromatic rings. The molecular formula is C28H22N6O2. The van der Waals surface area contributed by atoms with Crippen LogP contribution in [0.15, 0.2) is 88.7 Å². The van der Waals surface area contributed by atoms with Gasteiger partial charge in [-0.05, 0) is 54.6 Å². The van der Waals surface area contributed by atoms with Crippen LogP contribution in [-0.4, -0.2) is 19.5 Å². The fourth-order valence-electron chi connectivity index (χ4n) is 4.34. The molecule has 0 bridgehead atoms. The molecule has 0 saturated carbocycles. The first kappa shape index (κ1) is 22.7. The highest BCUT2D eigenvalue weighted by Gasteiger charge is 2.20. The Morgan fingerprint density at radius 1 is 1.06 bits per heavy atom. The van der Waals surface area contributed by atoms with E-state index in [2.05, 4.69) is 26.3 Å². The lowest BCUT2D eigenvalue weighted by Crippen LogP contribution is -2.26. The third-order valence-electron chi connectivity index (χ3n) is 6.00. The highest BCUT2D eigenvalue weighted by molar-refractivity contribution is 5.96. The van der Waals surface area contributed by atoms with Crippen LogP contribution in [0.4, 0.5) is 5.82 Å². The molecule has 0 aliphatic heterocycles. The van der Waals surface area contributed by atoms with Crippen LogP contribution in [-0.2, 0) is 0 Å². The SMILES string of the molecule is Cc1ncc(C#N)c(N[C@@H](C)c2cc3cccc(-c4cc[nH]c(=O)c4)c3c(=O)n2-c2ccccc2)n1. The van der Waals surface area contributed by atoms with Gasteiger partial charge in [0.15, 0.2) is 0 Å². The molecule has 1 atom stereocenters. The summed E-state index contributed by atoms with van der Waals surface area (Å²) in [4.78, 5) is 37.2. The molecule has 0 radical (unpaired) electrons. The van der Waals surface area contributed by atoms with Crippen molar-refractivity contribution in [2.24, 2.45) is 0 Å². The van der Waals surface area contributed by atoms with Gasteiger partial charge < -0.3 is 10.3 Å². The van der Waals surface area contributed by atoms with Crippen LogP contribution < -0.4 is 16.4 Å². The quantitative estimate of drug-likeness (QED) is 0.388. The molecule has 0 unspecified atom stereocenters. The van der Waals surface area contributed by atoms with Crippen LogP contribution in [0.2, 0.25) is 0 Å². The van der Waals surface area contributed by atoms with Crippen molar-refractivity contribution in [3.63, 3.8) is 0 Å². The monoisotopic (exact) mass is 474 g/mol. The Bertz CT molecular complexity index is 1750. The van der Waals surface area contributed by atoms with Gasteiger partial charge in [0.05, 0.1) is 17.6 Å². The Kier molecular flexibility index (Phi) is 5.88. The lowest BCUT2D eigenvalue weighted by Gasteiger charge is -2.22. The first-order valence-corrected chi connectivity index (χ1v) is 11.4. The Labute approximate surface area is 206 Å². The smallest absolute Gasteiger partial charge is 0.263 e. The fraction of sp³-hybridized carbons (Fsp3) is 0.107. The van der Waals surface area contributed by atoms with Crippen molar-refractivity contribution in [1.29, 1.82) is 5.26 Å². The number of aromatic amines is 1. The average Bonchev–Trinajstić information content (AvgIpc) is 2.89. The number of anilines is 1. The Morgan fingerprint density at radius 2 is 1.86 bits per heavy atom. The van der Waals surface area contributed by atoms with Crippen molar-refractivity contribution >= 4 is 16.6 Å². The summed E-state index contributed by atoms with van der Waals surface area (Å²) in [5.74, 6) is 0.937. The molecule has 8 nitrogen and oxygen atoms in total. The van der Waals surface area contributed by atoms with Gasteiger partial charge in [-0.2, -0.15) is 5.26 Å². The van der Waals surface area contributed by atoms with Crippen LogP contribution in [0.3, 0.4) is 0 Å². The largest absolute Gasteiger partial charge is 0.361 e. The lowest BCUT2D eigenvalue weighted by atomic mass is 9.98. The molecule has 36 heavy (non-hydrogen) atoms. The van der Waals surface area contributed by atoms with Gasteiger partial charge in [-0.3, -0.25) is 14.2 Å². The van der Waals surface area contributed by atoms with Crippen molar-refractivity contribution in [3.05, 3.63) is 117 Å². The molecule has 0 saturated heterocycles. The Morgan fingerprint density at radius 3 is 2.61 bits per heavy atom. The van der Waals surface area contributed by atoms with E-state index in [0.29, 0.717) is 45.1 Å². The van der Waals surface area contributed by atoms with Crippen molar-refractivity contribution in [2.45, 2.75) is 19.9 Å². The van der Waals surface area contributed by atoms with Crippen molar-refractivity contribution in [1.82, 2.24) is 19.5 Å². The van der Waals surface area contributed by atoms with E-state index in [4.69, 9.17) is 0 Å². The van der Waals surface area contributed by atoms with Crippen LogP contribution >= 0.6 is 0 Å². The number of nitrogens with zero attached hydrogens (tertiary/aromatic N) is 4. The number of nitriles is 1. The summed E-state index contributed by atoms with van der Waals surface area (Å²) >= 11 is 0. The molecule has 0 amide bonds. The van der Waals surface area contributed by atoms with E-state index in [1.165, 1.54) is 12.3 Å². The van der Waals surface area contributed by atoms with Crippen molar-refractivity contribution in [2.75, 3.05) is 5.32 Å². The number of pyridine rings is 2. The summed E-state index contributed by atoms with van der Waals surface area (Å²) in [5, 5.41) is 14.1. The number of hydrogen-bond acceptors (Lipinski definition) is 6. The molecule has 5 rings (SSSR count). The maximum absolute atomic E-state index is 14.1. The molecule has 0 aliphatic carbocycles. The second kappa shape index (κ2) is 9.31. The molecule has 2 aromatic carbocycles. The lowest BCUT2D eigenvalue weighted by molar-refractivity contribution is 0.771. The zero-order valence-electron chi connectivity index (χ0n) is 19.7. The van der Waals surface area contributed by atoms with Gasteiger partial charge >= 0.3 is 0 Å². The maximum atomic E-state index is 14.1. The predicted molar refractivity (Wildman–Crippen MR) is 139 cm³/mol. The highest BCUT2D eigenvalue weighted by Crippen LogP contribution is 2.29. The standard InChI is InChI=1S/C28H22N6O2/c1-17(32-27-21(15-29)16-31-18(2)33-27)24-13-20-7-6-10-23(19-11-12-30-25(35)14-19)26(20)28(36)34(24)22-8-4-3-5-9-22/h3-14,16-17H,1-2H3,(H,30,35)(H,31,32,33)/t17-/m0/s1. The van der Waals surface area contributed by atoms with Gasteiger partial charge in [0.2, 0.25) is 5.56 Å². The number of aryl methyl sites for hydroxylation is 1. The van der Waals surface area contributed by atoms with Gasteiger partial charge in [0, 0.05) is 23.6 Å². The molecule has 2 N–H and O–H groups in total. The second-order valence-electron chi connectivity index (χ2n) is 8.41. The number of rotatable bonds is 5. The average molecular weight is 475 g/mol. The van der Waals surface area contributed by atoms with E-state index >= 15 is 0 Å². The number of nitrogens with one attached hydrogen (secondary N) is 2. The zero-order chi connectivity index (χ0) is 25.2. The summed E-state index contributed by atoms with van der Waals surface area (Å²) in [6.45, 7) is 3.67. The van der Waals surface area contributed by atoms with E-state index in [9.17, 15) is 14.9 Å². The number of hydrogen-bond donors (Lipinski definition) is 2. The third kappa shape index (κ3) is 4.14. The third-order valence-corrected chi connectivity index (χ3v) is 6.00. The van der Waals surface area contributed by atoms with Gasteiger partial charge in [-0.1, -0.05) is 36.4 Å². The zero-order valence-corrected chi connectivity index (χ0v) is 19.7. The summed E-state index contributed by atoms with van der Waals surface area (Å²) in [6.07, 6.45) is 3.05. The van der Waals surface area contributed by atoms with E-state index in [0.717, 1.165) is 5.39 Å². The molecule has 0 aliphatic rings. The fourth-order valence-corrected chi connectivity index (χ4v) is 4.34. The van der Waals surface area contributed by atoms with Crippen LogP contribution in [0.5, 0.6) is 0 Å². The van der Waals surface area contributed by atoms with E-state index in [-0.39, 0.29) is 17.2 Å². The molecular weight excluding hydrogens is 452 g/mol. The minimum absolute atomic E-state index is 0.211. The number of para-hydroxylation sites is 1. The van der Waals surface area contributed by atoms with Crippen LogP contribution in [0, 0.1) is 18.3 Å². The minimum Gasteiger partial charge on any atom is -0.361 e. The molecule has 176 valence electrons. The van der Waals surface area contributed by atoms with Crippen molar-refractivity contribution in [3.8, 4) is 22.9 Å². The second-order valence-corrected chi connectivity index (χ2v) is 8.41. The van der Waals surface area contributed by atoms with Crippen LogP contribution in [0.1, 0.15) is 30.0 Å². The summed E-state index contributed by atoms with van der Waals surface area (Å²) in [5.41, 5.74) is 2.61. The topological polar surface area (TPSA) is 116 Å². The molecule has 8 heteroatoms. The number of aromatic nitrogens is 4. The summed E-state index contributed by atoms with van der Waals surface area (Å²) in [7, 11) is 0. The Hall–Kier alpha value is -5.03. The van der Waals surface area contributed by atoms with E-state index < -0.39 is 0 Å². The molecule has 0 fully saturated rings. The van der Waals surface area contributed by atoms with Gasteiger partial charge in [-0.25, -0.2) is 9.97 Å². The molecule has 3 heterocycles. The Balaban J connectivity index is 1.76. The van der Waals surface area contributed by atoms with Gasteiger partial charge in [-0.15, -0.1) is 0 Å². The molecule has 0 spiro atoms. The predicted octanol–water partition coefficient (Wildman–Crippen LogP) is 4.49. The first-order chi connectivity index (χ1) is 17.5. The normalized spacial score (nSPS) is 11.7. The number of benzene rings is 2. The number of fused-ring (bicyclic) bond motifs is 1. The van der Waals surface area contributed by atoms with Crippen molar-refractivity contribution < 1.29 is 0 Å². The first-order valence-electron chi connectivity index (χ1n) is 11.4. The number of H-pyrrole nitrogens is 1. The summed E-state index contributed by atoms with van der Waals surface area (Å²) in [6, 6.07) is 21.9. The minimum atomic E-state index is -0.382.